The van der Waals surface area contributed by atoms with Crippen LogP contribution >= 0.6 is 0 Å². The average molecular weight is 549 g/mol. The molecule has 0 aliphatic carbocycles. The van der Waals surface area contributed by atoms with E-state index in [2.05, 4.69) is 31.2 Å². The molecule has 6 aromatic rings. The zero-order valence-electron chi connectivity index (χ0n) is 26.2. The van der Waals surface area contributed by atoms with Gasteiger partial charge >= 0.3 is 0 Å². The number of furan rings is 1. The van der Waals surface area contributed by atoms with Crippen molar-refractivity contribution in [1.82, 2.24) is 0 Å². The Bertz CT molecular complexity index is 2020. The summed E-state index contributed by atoms with van der Waals surface area (Å²) in [6.07, 6.45) is -0.618. The van der Waals surface area contributed by atoms with Crippen LogP contribution in [0.3, 0.4) is 0 Å². The minimum atomic E-state index is -1.93. The van der Waals surface area contributed by atoms with E-state index in [1.54, 1.807) is 44.5 Å². The van der Waals surface area contributed by atoms with Crippen LogP contribution in [0.1, 0.15) is 40.2 Å². The van der Waals surface area contributed by atoms with Crippen molar-refractivity contribution in [3.63, 3.8) is 0 Å². The van der Waals surface area contributed by atoms with Gasteiger partial charge in [-0.3, -0.25) is 0 Å². The minimum absolute atomic E-state index is 0.0129. The van der Waals surface area contributed by atoms with Crippen LogP contribution < -0.4 is 4.57 Å². The molecule has 0 amide bonds. The van der Waals surface area contributed by atoms with Gasteiger partial charge in [-0.15, -0.1) is 0 Å². The van der Waals surface area contributed by atoms with Gasteiger partial charge in [-0.05, 0) is 60.0 Å². The van der Waals surface area contributed by atoms with E-state index < -0.39 is 17.6 Å². The molecule has 0 saturated heterocycles. The normalized spacial score (nSPS) is 13.1. The number of hydrogen-bond acceptors (Lipinski definition) is 1. The SMILES string of the molecule is [2H]C([2H])(c1cc(-c2c(C)ccc3c2oc2c(-c4ccc(-c5ccc(C)cc5)cc4)c(F)ccc23)[n+](C)cc1F)C(C)(C)C. The average Bonchev–Trinajstić information content (AvgIpc) is 3.32. The fraction of sp³-hybridized carbons (Fsp3) is 0.216. The summed E-state index contributed by atoms with van der Waals surface area (Å²) in [6.45, 7) is 9.26. The number of rotatable bonds is 4. The molecule has 41 heavy (non-hydrogen) atoms. The van der Waals surface area contributed by atoms with E-state index in [0.29, 0.717) is 33.6 Å². The first kappa shape index (κ1) is 24.5. The minimum Gasteiger partial charge on any atom is -0.454 e. The molecule has 0 saturated carbocycles. The third kappa shape index (κ3) is 4.93. The number of nitrogens with zero attached hydrogens (tertiary/aromatic N) is 1. The van der Waals surface area contributed by atoms with Gasteiger partial charge in [0.1, 0.15) is 24.0 Å². The highest BCUT2D eigenvalue weighted by Gasteiger charge is 2.26. The highest BCUT2D eigenvalue weighted by Crippen LogP contribution is 2.42. The van der Waals surface area contributed by atoms with Crippen molar-refractivity contribution in [2.24, 2.45) is 12.5 Å². The molecule has 2 nitrogen and oxygen atoms in total. The maximum Gasteiger partial charge on any atom is 0.216 e. The number of aromatic nitrogens is 1. The maximum absolute atomic E-state index is 15.6. The highest BCUT2D eigenvalue weighted by atomic mass is 19.1. The predicted octanol–water partition coefficient (Wildman–Crippen LogP) is 9.90. The summed E-state index contributed by atoms with van der Waals surface area (Å²) < 4.78 is 56.6. The lowest BCUT2D eigenvalue weighted by molar-refractivity contribution is -0.662. The summed E-state index contributed by atoms with van der Waals surface area (Å²) in [6, 6.07) is 24.8. The molecule has 0 N–H and O–H groups in total. The topological polar surface area (TPSA) is 17.0 Å². The number of benzene rings is 4. The third-order valence-electron chi connectivity index (χ3n) is 7.52. The molecule has 4 heteroatoms. The Morgan fingerprint density at radius 2 is 1.29 bits per heavy atom. The summed E-state index contributed by atoms with van der Waals surface area (Å²) in [5.41, 5.74) is 6.70. The standard InChI is InChI=1S/C37H34F2NO/c1-22-7-10-24(11-8-22)25-12-14-26(15-13-25)34-30(38)18-17-29-28-16-9-23(2)33(35(28)41-36(29)34)32-19-27(20-37(3,4)5)31(39)21-40(32)6/h7-19,21H,20H2,1-6H3/q+1/i20D2. The predicted molar refractivity (Wildman–Crippen MR) is 164 cm³/mol. The first-order chi connectivity index (χ1) is 20.3. The summed E-state index contributed by atoms with van der Waals surface area (Å²) in [4.78, 5) is 0. The van der Waals surface area contributed by atoms with Crippen LogP contribution in [0.25, 0.3) is 55.4 Å². The number of pyridine rings is 1. The summed E-state index contributed by atoms with van der Waals surface area (Å²) in [5, 5.41) is 1.57. The summed E-state index contributed by atoms with van der Waals surface area (Å²) in [7, 11) is 1.73. The van der Waals surface area contributed by atoms with E-state index in [-0.39, 0.29) is 11.4 Å². The van der Waals surface area contributed by atoms with E-state index in [0.717, 1.165) is 27.5 Å². The molecule has 0 fully saturated rings. The van der Waals surface area contributed by atoms with Crippen molar-refractivity contribution in [3.8, 4) is 33.5 Å². The molecule has 6 rings (SSSR count). The molecule has 0 unspecified atom stereocenters. The van der Waals surface area contributed by atoms with Crippen LogP contribution in [0.5, 0.6) is 0 Å². The van der Waals surface area contributed by atoms with Crippen molar-refractivity contribution in [3.05, 3.63) is 113 Å². The van der Waals surface area contributed by atoms with E-state index in [4.69, 9.17) is 7.16 Å². The Balaban J connectivity index is 1.56. The van der Waals surface area contributed by atoms with Gasteiger partial charge in [-0.1, -0.05) is 87.0 Å². The fourth-order valence-corrected chi connectivity index (χ4v) is 5.51. The molecular weight excluding hydrogens is 512 g/mol. The van der Waals surface area contributed by atoms with Gasteiger partial charge in [0, 0.05) is 25.1 Å². The fourth-order valence-electron chi connectivity index (χ4n) is 5.51. The van der Waals surface area contributed by atoms with Crippen molar-refractivity contribution in [1.29, 1.82) is 0 Å². The van der Waals surface area contributed by atoms with Gasteiger partial charge in [0.25, 0.3) is 0 Å². The Morgan fingerprint density at radius 1 is 0.732 bits per heavy atom. The number of hydrogen-bond donors (Lipinski definition) is 0. The van der Waals surface area contributed by atoms with Gasteiger partial charge in [0.2, 0.25) is 11.9 Å². The molecule has 2 aromatic heterocycles. The smallest absolute Gasteiger partial charge is 0.216 e. The van der Waals surface area contributed by atoms with Crippen LogP contribution in [0.2, 0.25) is 0 Å². The first-order valence-electron chi connectivity index (χ1n) is 14.8. The van der Waals surface area contributed by atoms with Crippen molar-refractivity contribution in [2.75, 3.05) is 0 Å². The lowest BCUT2D eigenvalue weighted by atomic mass is 9.87. The van der Waals surface area contributed by atoms with Crippen LogP contribution in [-0.2, 0) is 13.4 Å². The molecule has 0 spiro atoms. The maximum atomic E-state index is 15.6. The number of fused-ring (bicyclic) bond motifs is 3. The number of halogens is 2. The van der Waals surface area contributed by atoms with Crippen LogP contribution in [0.4, 0.5) is 8.78 Å². The Kier molecular flexibility index (Phi) is 5.94. The molecule has 206 valence electrons. The molecular formula is C37H34F2NO+. The Morgan fingerprint density at radius 3 is 1.93 bits per heavy atom. The van der Waals surface area contributed by atoms with Gasteiger partial charge in [0.15, 0.2) is 5.82 Å². The van der Waals surface area contributed by atoms with Gasteiger partial charge in [-0.25, -0.2) is 8.78 Å². The molecule has 0 aliphatic heterocycles. The quantitative estimate of drug-likeness (QED) is 0.200. The van der Waals surface area contributed by atoms with Crippen LogP contribution in [-0.4, -0.2) is 0 Å². The zero-order valence-corrected chi connectivity index (χ0v) is 24.2. The summed E-state index contributed by atoms with van der Waals surface area (Å²) in [5.74, 6) is -1.00. The molecule has 0 radical (unpaired) electrons. The van der Waals surface area contributed by atoms with Gasteiger partial charge in [0.05, 0.1) is 11.1 Å². The second-order valence-corrected chi connectivity index (χ2v) is 11.9. The van der Waals surface area contributed by atoms with Gasteiger partial charge < -0.3 is 4.42 Å². The van der Waals surface area contributed by atoms with E-state index in [9.17, 15) is 0 Å². The Hall–Kier alpha value is -4.31. The number of aryl methyl sites for hydroxylation is 3. The van der Waals surface area contributed by atoms with Crippen molar-refractivity contribution >= 4 is 21.9 Å². The third-order valence-corrected chi connectivity index (χ3v) is 7.52. The second kappa shape index (κ2) is 9.95. The highest BCUT2D eigenvalue weighted by molar-refractivity contribution is 6.13. The molecule has 0 bridgehead atoms. The van der Waals surface area contributed by atoms with Crippen LogP contribution in [0, 0.1) is 30.9 Å². The van der Waals surface area contributed by atoms with Crippen LogP contribution in [0.15, 0.2) is 89.5 Å². The van der Waals surface area contributed by atoms with Crippen molar-refractivity contribution < 1.29 is 20.5 Å². The molecule has 4 aromatic carbocycles. The van der Waals surface area contributed by atoms with Crippen molar-refractivity contribution in [2.45, 2.75) is 41.0 Å². The van der Waals surface area contributed by atoms with E-state index in [1.165, 1.54) is 17.8 Å². The Labute approximate surface area is 242 Å². The zero-order chi connectivity index (χ0) is 30.8. The monoisotopic (exact) mass is 548 g/mol. The molecule has 0 aliphatic rings. The lowest BCUT2D eigenvalue weighted by Gasteiger charge is -2.18. The second-order valence-electron chi connectivity index (χ2n) is 11.9. The first-order valence-corrected chi connectivity index (χ1v) is 13.8. The van der Waals surface area contributed by atoms with E-state index >= 15 is 8.78 Å². The van der Waals surface area contributed by atoms with E-state index in [1.807, 2.05) is 43.3 Å². The largest absolute Gasteiger partial charge is 0.454 e. The molecule has 2 heterocycles. The summed E-state index contributed by atoms with van der Waals surface area (Å²) >= 11 is 0. The van der Waals surface area contributed by atoms with Gasteiger partial charge in [-0.2, -0.15) is 4.57 Å². The lowest BCUT2D eigenvalue weighted by Crippen LogP contribution is -2.32. The molecule has 0 atom stereocenters.